The van der Waals surface area contributed by atoms with Gasteiger partial charge in [-0.2, -0.15) is 0 Å². The molecule has 2 rings (SSSR count). The van der Waals surface area contributed by atoms with Crippen LogP contribution in [0.3, 0.4) is 0 Å². The normalized spacial score (nSPS) is 18.9. The third-order valence-electron chi connectivity index (χ3n) is 3.83. The van der Waals surface area contributed by atoms with Crippen LogP contribution < -0.4 is 11.1 Å². The molecule has 1 aromatic rings. The number of nitrogens with one attached hydrogen (secondary N) is 1. The van der Waals surface area contributed by atoms with E-state index in [1.165, 1.54) is 18.4 Å². The number of benzene rings is 1. The Hall–Kier alpha value is -1.51. The molecule has 0 unspecified atom stereocenters. The van der Waals surface area contributed by atoms with Gasteiger partial charge in [-0.3, -0.25) is 4.79 Å². The molecule has 0 spiro atoms. The Bertz CT molecular complexity index is 420. The Morgan fingerprint density at radius 1 is 1.22 bits per heavy atom. The number of carbonyl (C=O) groups is 1. The van der Waals surface area contributed by atoms with Crippen LogP contribution >= 0.6 is 0 Å². The number of hydrogen-bond acceptors (Lipinski definition) is 2. The second kappa shape index (κ2) is 5.42. The molecule has 0 aromatic heterocycles. The van der Waals surface area contributed by atoms with Crippen molar-refractivity contribution in [2.24, 2.45) is 5.73 Å². The Morgan fingerprint density at radius 2 is 1.89 bits per heavy atom. The molecule has 3 N–H and O–H groups in total. The van der Waals surface area contributed by atoms with Gasteiger partial charge >= 0.3 is 0 Å². The number of primary amides is 1. The van der Waals surface area contributed by atoms with Gasteiger partial charge < -0.3 is 11.1 Å². The smallest absolute Gasteiger partial charge is 0.243 e. The zero-order valence-corrected chi connectivity index (χ0v) is 11.0. The molecule has 1 aromatic carbocycles. The Balaban J connectivity index is 2.22. The van der Waals surface area contributed by atoms with Gasteiger partial charge in [0, 0.05) is 5.69 Å². The zero-order valence-electron chi connectivity index (χ0n) is 11.0. The van der Waals surface area contributed by atoms with Crippen LogP contribution in [0.1, 0.15) is 44.1 Å². The molecule has 1 aliphatic carbocycles. The van der Waals surface area contributed by atoms with Gasteiger partial charge in [-0.05, 0) is 37.5 Å². The molecule has 0 atom stereocenters. The number of rotatable bonds is 3. The number of anilines is 1. The SMILES string of the molecule is Cc1cccc(NC2(C(N)=O)CCCCCC2)c1. The fourth-order valence-corrected chi connectivity index (χ4v) is 2.76. The summed E-state index contributed by atoms with van der Waals surface area (Å²) in [5.74, 6) is -0.217. The third-order valence-corrected chi connectivity index (χ3v) is 3.83. The fourth-order valence-electron chi connectivity index (χ4n) is 2.76. The largest absolute Gasteiger partial charge is 0.371 e. The molecule has 1 amide bonds. The van der Waals surface area contributed by atoms with Crippen molar-refractivity contribution >= 4 is 11.6 Å². The maximum atomic E-state index is 11.9. The second-order valence-corrected chi connectivity index (χ2v) is 5.36. The summed E-state index contributed by atoms with van der Waals surface area (Å²) in [6, 6.07) is 8.12. The van der Waals surface area contributed by atoms with Crippen LogP contribution in [-0.2, 0) is 4.79 Å². The Labute approximate surface area is 109 Å². The summed E-state index contributed by atoms with van der Waals surface area (Å²) in [6.07, 6.45) is 6.23. The van der Waals surface area contributed by atoms with Crippen LogP contribution in [-0.4, -0.2) is 11.4 Å². The van der Waals surface area contributed by atoms with Crippen LogP contribution in [0.2, 0.25) is 0 Å². The number of amides is 1. The van der Waals surface area contributed by atoms with Gasteiger partial charge in [0.1, 0.15) is 5.54 Å². The molecule has 0 radical (unpaired) electrons. The van der Waals surface area contributed by atoms with Gasteiger partial charge in [0.05, 0.1) is 0 Å². The van der Waals surface area contributed by atoms with E-state index in [4.69, 9.17) is 5.73 Å². The molecule has 1 saturated carbocycles. The molecule has 0 heterocycles. The van der Waals surface area contributed by atoms with Crippen LogP contribution in [0.15, 0.2) is 24.3 Å². The van der Waals surface area contributed by atoms with Gasteiger partial charge in [-0.25, -0.2) is 0 Å². The first kappa shape index (κ1) is 12.9. The minimum absolute atomic E-state index is 0.217. The predicted octanol–water partition coefficient (Wildman–Crippen LogP) is 2.99. The first-order chi connectivity index (χ1) is 8.62. The van der Waals surface area contributed by atoms with Crippen molar-refractivity contribution in [1.82, 2.24) is 0 Å². The maximum absolute atomic E-state index is 11.9. The van der Waals surface area contributed by atoms with Crippen molar-refractivity contribution in [2.75, 3.05) is 5.32 Å². The average molecular weight is 246 g/mol. The summed E-state index contributed by atoms with van der Waals surface area (Å²) < 4.78 is 0. The zero-order chi connectivity index (χ0) is 13.0. The number of hydrogen-bond donors (Lipinski definition) is 2. The summed E-state index contributed by atoms with van der Waals surface area (Å²) in [7, 11) is 0. The van der Waals surface area contributed by atoms with E-state index in [9.17, 15) is 4.79 Å². The molecule has 18 heavy (non-hydrogen) atoms. The van der Waals surface area contributed by atoms with Crippen molar-refractivity contribution in [3.8, 4) is 0 Å². The molecule has 1 fully saturated rings. The first-order valence-corrected chi connectivity index (χ1v) is 6.77. The molecular formula is C15H22N2O. The van der Waals surface area contributed by atoms with Crippen LogP contribution in [0.5, 0.6) is 0 Å². The summed E-state index contributed by atoms with van der Waals surface area (Å²) in [4.78, 5) is 11.9. The first-order valence-electron chi connectivity index (χ1n) is 6.77. The van der Waals surface area contributed by atoms with Gasteiger partial charge in [0.15, 0.2) is 0 Å². The van der Waals surface area contributed by atoms with E-state index >= 15 is 0 Å². The van der Waals surface area contributed by atoms with E-state index in [-0.39, 0.29) is 5.91 Å². The highest BCUT2D eigenvalue weighted by atomic mass is 16.1. The highest BCUT2D eigenvalue weighted by molar-refractivity contribution is 5.88. The van der Waals surface area contributed by atoms with Crippen LogP contribution in [0, 0.1) is 6.92 Å². The van der Waals surface area contributed by atoms with Gasteiger partial charge in [-0.1, -0.05) is 37.8 Å². The lowest BCUT2D eigenvalue weighted by molar-refractivity contribution is -0.122. The third kappa shape index (κ3) is 2.84. The number of nitrogens with two attached hydrogens (primary N) is 1. The summed E-state index contributed by atoms with van der Waals surface area (Å²) >= 11 is 0. The molecule has 0 saturated heterocycles. The minimum Gasteiger partial charge on any atom is -0.371 e. The highest BCUT2D eigenvalue weighted by Gasteiger charge is 2.36. The van der Waals surface area contributed by atoms with Crippen molar-refractivity contribution in [3.63, 3.8) is 0 Å². The van der Waals surface area contributed by atoms with E-state index in [0.29, 0.717) is 0 Å². The highest BCUT2D eigenvalue weighted by Crippen LogP contribution is 2.30. The summed E-state index contributed by atoms with van der Waals surface area (Å²) in [6.45, 7) is 2.05. The Morgan fingerprint density at radius 3 is 2.44 bits per heavy atom. The summed E-state index contributed by atoms with van der Waals surface area (Å²) in [5.41, 5.74) is 7.29. The van der Waals surface area contributed by atoms with E-state index in [0.717, 1.165) is 31.4 Å². The van der Waals surface area contributed by atoms with E-state index in [2.05, 4.69) is 24.4 Å². The molecule has 3 heteroatoms. The second-order valence-electron chi connectivity index (χ2n) is 5.36. The molecule has 0 bridgehead atoms. The lowest BCUT2D eigenvalue weighted by Crippen LogP contribution is -2.50. The van der Waals surface area contributed by atoms with Crippen molar-refractivity contribution in [1.29, 1.82) is 0 Å². The molecule has 1 aliphatic rings. The van der Waals surface area contributed by atoms with Gasteiger partial charge in [0.25, 0.3) is 0 Å². The predicted molar refractivity (Wildman–Crippen MR) is 74.4 cm³/mol. The quantitative estimate of drug-likeness (QED) is 0.806. The van der Waals surface area contributed by atoms with Crippen molar-refractivity contribution in [3.05, 3.63) is 29.8 Å². The van der Waals surface area contributed by atoms with Crippen LogP contribution in [0.4, 0.5) is 5.69 Å². The topological polar surface area (TPSA) is 55.1 Å². The standard InChI is InChI=1S/C15H22N2O/c1-12-7-6-8-13(11-12)17-15(14(16)18)9-4-2-3-5-10-15/h6-8,11,17H,2-5,9-10H2,1H3,(H2,16,18). The van der Waals surface area contributed by atoms with E-state index < -0.39 is 5.54 Å². The monoisotopic (exact) mass is 246 g/mol. The summed E-state index contributed by atoms with van der Waals surface area (Å²) in [5, 5.41) is 3.40. The molecule has 3 nitrogen and oxygen atoms in total. The fraction of sp³-hybridized carbons (Fsp3) is 0.533. The minimum atomic E-state index is -0.551. The maximum Gasteiger partial charge on any atom is 0.243 e. The van der Waals surface area contributed by atoms with Gasteiger partial charge in [-0.15, -0.1) is 0 Å². The molecular weight excluding hydrogens is 224 g/mol. The number of carbonyl (C=O) groups excluding carboxylic acids is 1. The average Bonchev–Trinajstić information content (AvgIpc) is 2.55. The lowest BCUT2D eigenvalue weighted by atomic mass is 9.89. The van der Waals surface area contributed by atoms with E-state index in [1.54, 1.807) is 0 Å². The number of aryl methyl sites for hydroxylation is 1. The van der Waals surface area contributed by atoms with E-state index in [1.807, 2.05) is 12.1 Å². The van der Waals surface area contributed by atoms with Crippen molar-refractivity contribution in [2.45, 2.75) is 51.0 Å². The van der Waals surface area contributed by atoms with Crippen molar-refractivity contribution < 1.29 is 4.79 Å². The van der Waals surface area contributed by atoms with Crippen LogP contribution in [0.25, 0.3) is 0 Å². The molecule has 98 valence electrons. The van der Waals surface area contributed by atoms with Gasteiger partial charge in [0.2, 0.25) is 5.91 Å². The molecule has 0 aliphatic heterocycles. The lowest BCUT2D eigenvalue weighted by Gasteiger charge is -2.31. The Kier molecular flexibility index (Phi) is 3.90.